The summed E-state index contributed by atoms with van der Waals surface area (Å²) in [6.45, 7) is 5.01. The molecule has 23 heavy (non-hydrogen) atoms. The van der Waals surface area contributed by atoms with Gasteiger partial charge < -0.3 is 14.4 Å². The minimum absolute atomic E-state index is 0.482. The molecule has 3 heterocycles. The predicted molar refractivity (Wildman–Crippen MR) is 86.2 cm³/mol. The highest BCUT2D eigenvalue weighted by molar-refractivity contribution is 5.81. The third kappa shape index (κ3) is 2.26. The number of nitrogens with zero attached hydrogens (tertiary/aromatic N) is 4. The Morgan fingerprint density at radius 2 is 2.04 bits per heavy atom. The molecular weight excluding hydrogens is 292 g/mol. The van der Waals surface area contributed by atoms with E-state index in [1.807, 2.05) is 31.2 Å². The van der Waals surface area contributed by atoms with Gasteiger partial charge in [0.1, 0.15) is 11.9 Å². The molecule has 4 rings (SSSR count). The van der Waals surface area contributed by atoms with Crippen LogP contribution in [0.5, 0.6) is 0 Å². The largest absolute Gasteiger partial charge is 0.422 e. The molecule has 0 spiro atoms. The Bertz CT molecular complexity index is 876. The van der Waals surface area contributed by atoms with Crippen LogP contribution in [-0.4, -0.2) is 33.1 Å². The van der Waals surface area contributed by atoms with Crippen LogP contribution in [0.25, 0.3) is 11.2 Å². The Labute approximate surface area is 133 Å². The summed E-state index contributed by atoms with van der Waals surface area (Å²) < 4.78 is 5.47. The molecule has 0 unspecified atom stereocenters. The average Bonchev–Trinajstić information content (AvgIpc) is 3.10. The predicted octanol–water partition coefficient (Wildman–Crippen LogP) is 2.33. The first-order valence-corrected chi connectivity index (χ1v) is 7.68. The third-order valence-corrected chi connectivity index (χ3v) is 4.48. The smallest absolute Gasteiger partial charge is 0.252 e. The second-order valence-corrected chi connectivity index (χ2v) is 6.10. The second kappa shape index (κ2) is 5.03. The van der Waals surface area contributed by atoms with Crippen LogP contribution in [-0.2, 0) is 5.60 Å². The lowest BCUT2D eigenvalue weighted by molar-refractivity contribution is 0.0600. The molecule has 2 aromatic heterocycles. The van der Waals surface area contributed by atoms with Crippen molar-refractivity contribution >= 4 is 17.0 Å². The first kappa shape index (κ1) is 14.1. The van der Waals surface area contributed by atoms with E-state index in [2.05, 4.69) is 19.9 Å². The summed E-state index contributed by atoms with van der Waals surface area (Å²) in [5.41, 5.74) is 2.34. The van der Waals surface area contributed by atoms with Gasteiger partial charge in [0.15, 0.2) is 17.2 Å². The van der Waals surface area contributed by atoms with E-state index in [9.17, 15) is 5.11 Å². The van der Waals surface area contributed by atoms with Crippen LogP contribution in [0.2, 0.25) is 0 Å². The van der Waals surface area contributed by atoms with Crippen molar-refractivity contribution in [1.29, 1.82) is 0 Å². The number of oxazole rings is 1. The number of hydrogen-bond donors (Lipinski definition) is 1. The van der Waals surface area contributed by atoms with Crippen LogP contribution >= 0.6 is 0 Å². The maximum Gasteiger partial charge on any atom is 0.252 e. The van der Waals surface area contributed by atoms with Gasteiger partial charge in [-0.05, 0) is 24.5 Å². The summed E-state index contributed by atoms with van der Waals surface area (Å²) in [7, 11) is 0. The van der Waals surface area contributed by atoms with Crippen LogP contribution < -0.4 is 4.90 Å². The van der Waals surface area contributed by atoms with E-state index in [1.165, 1.54) is 6.33 Å². The zero-order valence-electron chi connectivity index (χ0n) is 13.2. The van der Waals surface area contributed by atoms with Crippen LogP contribution in [0.15, 0.2) is 35.0 Å². The van der Waals surface area contributed by atoms with Gasteiger partial charge in [-0.1, -0.05) is 24.3 Å². The lowest BCUT2D eigenvalue weighted by Crippen LogP contribution is -2.31. The molecule has 1 N–H and O–H groups in total. The van der Waals surface area contributed by atoms with Crippen LogP contribution in [0.4, 0.5) is 5.82 Å². The van der Waals surface area contributed by atoms with Crippen LogP contribution in [0.3, 0.4) is 0 Å². The molecule has 1 saturated heterocycles. The van der Waals surface area contributed by atoms with Gasteiger partial charge in [-0.15, -0.1) is 0 Å². The van der Waals surface area contributed by atoms with Crippen molar-refractivity contribution in [3.05, 3.63) is 47.6 Å². The van der Waals surface area contributed by atoms with E-state index in [0.29, 0.717) is 36.6 Å². The molecule has 0 radical (unpaired) electrons. The SMILES string of the molecule is Cc1nc2c(N3CC[C@@](O)(c4ccccc4C)C3)ncnc2o1. The van der Waals surface area contributed by atoms with Crippen molar-refractivity contribution in [2.45, 2.75) is 25.9 Å². The Morgan fingerprint density at radius 3 is 2.87 bits per heavy atom. The van der Waals surface area contributed by atoms with Crippen molar-refractivity contribution in [3.63, 3.8) is 0 Å². The monoisotopic (exact) mass is 310 g/mol. The van der Waals surface area contributed by atoms with Crippen molar-refractivity contribution in [2.75, 3.05) is 18.0 Å². The highest BCUT2D eigenvalue weighted by Crippen LogP contribution is 2.37. The molecular formula is C17H18N4O2. The zero-order valence-corrected chi connectivity index (χ0v) is 13.2. The van der Waals surface area contributed by atoms with Crippen LogP contribution in [0, 0.1) is 13.8 Å². The fraction of sp³-hybridized carbons (Fsp3) is 0.353. The van der Waals surface area contributed by atoms with Gasteiger partial charge >= 0.3 is 0 Å². The highest BCUT2D eigenvalue weighted by atomic mass is 16.4. The fourth-order valence-electron chi connectivity index (χ4n) is 3.37. The van der Waals surface area contributed by atoms with Gasteiger partial charge in [-0.2, -0.15) is 4.98 Å². The normalized spacial score (nSPS) is 21.3. The number of fused-ring (bicyclic) bond motifs is 1. The molecule has 0 saturated carbocycles. The standard InChI is InChI=1S/C17H18N4O2/c1-11-5-3-4-6-13(11)17(22)7-8-21(9-17)15-14-16(19-10-18-15)23-12(2)20-14/h3-6,10,22H,7-9H2,1-2H3/t17-/m0/s1. The lowest BCUT2D eigenvalue weighted by atomic mass is 9.89. The van der Waals surface area contributed by atoms with Crippen molar-refractivity contribution in [3.8, 4) is 0 Å². The molecule has 1 aliphatic rings. The quantitative estimate of drug-likeness (QED) is 0.783. The van der Waals surface area contributed by atoms with E-state index in [0.717, 1.165) is 16.9 Å². The second-order valence-electron chi connectivity index (χ2n) is 6.10. The number of β-amino-alcohol motifs (C(OH)–C–C–N with tert-alkyl or cyclic N) is 1. The number of aromatic nitrogens is 3. The molecule has 3 aromatic rings. The Balaban J connectivity index is 1.71. The number of anilines is 1. The van der Waals surface area contributed by atoms with Gasteiger partial charge in [0.05, 0.1) is 6.54 Å². The Kier molecular flexibility index (Phi) is 3.09. The minimum Gasteiger partial charge on any atom is -0.422 e. The number of aliphatic hydroxyl groups is 1. The number of hydrogen-bond acceptors (Lipinski definition) is 6. The third-order valence-electron chi connectivity index (χ3n) is 4.48. The molecule has 6 heteroatoms. The maximum absolute atomic E-state index is 11.1. The van der Waals surface area contributed by atoms with Gasteiger partial charge in [0, 0.05) is 13.5 Å². The van der Waals surface area contributed by atoms with E-state index < -0.39 is 5.60 Å². The molecule has 118 valence electrons. The number of aryl methyl sites for hydroxylation is 2. The maximum atomic E-state index is 11.1. The molecule has 1 aliphatic heterocycles. The first-order valence-electron chi connectivity index (χ1n) is 7.68. The Hall–Kier alpha value is -2.47. The van der Waals surface area contributed by atoms with Gasteiger partial charge in [-0.3, -0.25) is 0 Å². The topological polar surface area (TPSA) is 75.3 Å². The number of rotatable bonds is 2. The molecule has 1 fully saturated rings. The molecule has 0 amide bonds. The van der Waals surface area contributed by atoms with Gasteiger partial charge in [-0.25, -0.2) is 9.97 Å². The summed E-state index contributed by atoms with van der Waals surface area (Å²) in [6, 6.07) is 7.97. The lowest BCUT2D eigenvalue weighted by Gasteiger charge is -2.25. The van der Waals surface area contributed by atoms with E-state index in [-0.39, 0.29) is 0 Å². The van der Waals surface area contributed by atoms with E-state index in [4.69, 9.17) is 4.42 Å². The number of benzene rings is 1. The summed E-state index contributed by atoms with van der Waals surface area (Å²) >= 11 is 0. The average molecular weight is 310 g/mol. The Morgan fingerprint density at radius 1 is 1.22 bits per heavy atom. The van der Waals surface area contributed by atoms with Crippen molar-refractivity contribution in [2.24, 2.45) is 0 Å². The van der Waals surface area contributed by atoms with Crippen molar-refractivity contribution < 1.29 is 9.52 Å². The minimum atomic E-state index is -0.874. The molecule has 1 atom stereocenters. The summed E-state index contributed by atoms with van der Waals surface area (Å²) in [4.78, 5) is 14.9. The van der Waals surface area contributed by atoms with Gasteiger partial charge in [0.25, 0.3) is 5.71 Å². The van der Waals surface area contributed by atoms with Gasteiger partial charge in [0.2, 0.25) is 0 Å². The molecule has 1 aromatic carbocycles. The summed E-state index contributed by atoms with van der Waals surface area (Å²) in [5, 5.41) is 11.1. The van der Waals surface area contributed by atoms with E-state index in [1.54, 1.807) is 6.92 Å². The first-order chi connectivity index (χ1) is 11.1. The van der Waals surface area contributed by atoms with Crippen molar-refractivity contribution in [1.82, 2.24) is 15.0 Å². The zero-order chi connectivity index (χ0) is 16.0. The molecule has 0 bridgehead atoms. The molecule has 6 nitrogen and oxygen atoms in total. The highest BCUT2D eigenvalue weighted by Gasteiger charge is 2.39. The van der Waals surface area contributed by atoms with Crippen LogP contribution in [0.1, 0.15) is 23.4 Å². The van der Waals surface area contributed by atoms with E-state index >= 15 is 0 Å². The molecule has 0 aliphatic carbocycles. The summed E-state index contributed by atoms with van der Waals surface area (Å²) in [5.74, 6) is 1.28. The fourth-order valence-corrected chi connectivity index (χ4v) is 3.37. The summed E-state index contributed by atoms with van der Waals surface area (Å²) in [6.07, 6.45) is 2.13.